The molecule has 29 heavy (non-hydrogen) atoms. The van der Waals surface area contributed by atoms with Gasteiger partial charge in [0.05, 0.1) is 19.8 Å². The number of esters is 2. The third-order valence-electron chi connectivity index (χ3n) is 5.33. The van der Waals surface area contributed by atoms with E-state index in [1.54, 1.807) is 13.8 Å². The minimum absolute atomic E-state index is 0.182. The topological polar surface area (TPSA) is 71.1 Å². The fraction of sp³-hybridized carbons (Fsp3) is 0.652. The van der Waals surface area contributed by atoms with E-state index < -0.39 is 12.2 Å². The van der Waals surface area contributed by atoms with Crippen LogP contribution in [0.2, 0.25) is 0 Å². The molecule has 0 unspecified atom stereocenters. The van der Waals surface area contributed by atoms with E-state index in [0.29, 0.717) is 31.5 Å². The number of ether oxygens (including phenoxy) is 4. The van der Waals surface area contributed by atoms with E-state index in [0.717, 1.165) is 11.1 Å². The summed E-state index contributed by atoms with van der Waals surface area (Å²) in [6, 6.07) is 7.70. The van der Waals surface area contributed by atoms with E-state index in [9.17, 15) is 9.59 Å². The van der Waals surface area contributed by atoms with Crippen molar-refractivity contribution in [2.24, 2.45) is 11.8 Å². The van der Waals surface area contributed by atoms with Crippen LogP contribution in [0.3, 0.4) is 0 Å². The SMILES string of the molecule is C[C@H](OCC1CC1)C(=O)OCCc1ccccc1COC(=O)[C@@H](C)OCC1CC1. The van der Waals surface area contributed by atoms with Crippen molar-refractivity contribution >= 4 is 11.9 Å². The number of carbonyl (C=O) groups is 2. The summed E-state index contributed by atoms with van der Waals surface area (Å²) >= 11 is 0. The lowest BCUT2D eigenvalue weighted by atomic mass is 10.1. The molecular weight excluding hydrogens is 372 g/mol. The fourth-order valence-corrected chi connectivity index (χ4v) is 2.85. The van der Waals surface area contributed by atoms with Crippen LogP contribution in [0.4, 0.5) is 0 Å². The largest absolute Gasteiger partial charge is 0.463 e. The number of carbonyl (C=O) groups excluding carboxylic acids is 2. The monoisotopic (exact) mass is 404 g/mol. The van der Waals surface area contributed by atoms with Crippen LogP contribution >= 0.6 is 0 Å². The van der Waals surface area contributed by atoms with E-state index in [1.165, 1.54) is 25.7 Å². The Morgan fingerprint density at radius 1 is 0.862 bits per heavy atom. The maximum absolute atomic E-state index is 12.1. The molecule has 0 radical (unpaired) electrons. The van der Waals surface area contributed by atoms with Crippen LogP contribution in [0.5, 0.6) is 0 Å². The predicted octanol–water partition coefficient (Wildman–Crippen LogP) is 3.45. The smallest absolute Gasteiger partial charge is 0.335 e. The minimum Gasteiger partial charge on any atom is -0.463 e. The summed E-state index contributed by atoms with van der Waals surface area (Å²) < 4.78 is 21.9. The summed E-state index contributed by atoms with van der Waals surface area (Å²) in [5.41, 5.74) is 1.90. The lowest BCUT2D eigenvalue weighted by Crippen LogP contribution is -2.25. The second kappa shape index (κ2) is 10.7. The molecule has 0 aromatic heterocycles. The van der Waals surface area contributed by atoms with Gasteiger partial charge in [-0.05, 0) is 62.5 Å². The summed E-state index contributed by atoms with van der Waals surface area (Å²) in [5.74, 6) is 0.530. The molecule has 3 rings (SSSR count). The van der Waals surface area contributed by atoms with Gasteiger partial charge in [0, 0.05) is 6.42 Å². The number of benzene rings is 1. The molecule has 0 bridgehead atoms. The first-order valence-electron chi connectivity index (χ1n) is 10.7. The zero-order chi connectivity index (χ0) is 20.6. The van der Waals surface area contributed by atoms with Crippen LogP contribution < -0.4 is 0 Å². The summed E-state index contributed by atoms with van der Waals surface area (Å²) in [7, 11) is 0. The molecule has 2 aliphatic rings. The zero-order valence-corrected chi connectivity index (χ0v) is 17.4. The maximum atomic E-state index is 12.1. The molecule has 0 amide bonds. The molecule has 6 nitrogen and oxygen atoms in total. The van der Waals surface area contributed by atoms with Crippen LogP contribution in [0.15, 0.2) is 24.3 Å². The molecule has 0 spiro atoms. The van der Waals surface area contributed by atoms with Gasteiger partial charge in [-0.1, -0.05) is 24.3 Å². The Bertz CT molecular complexity index is 680. The van der Waals surface area contributed by atoms with Gasteiger partial charge in [-0.3, -0.25) is 0 Å². The zero-order valence-electron chi connectivity index (χ0n) is 17.4. The molecule has 1 aromatic carbocycles. The van der Waals surface area contributed by atoms with E-state index in [1.807, 2.05) is 24.3 Å². The lowest BCUT2D eigenvalue weighted by molar-refractivity contribution is -0.157. The van der Waals surface area contributed by atoms with Gasteiger partial charge in [0.2, 0.25) is 0 Å². The van der Waals surface area contributed by atoms with Crippen LogP contribution in [-0.4, -0.2) is 44.0 Å². The van der Waals surface area contributed by atoms with Gasteiger partial charge in [-0.2, -0.15) is 0 Å². The van der Waals surface area contributed by atoms with Crippen molar-refractivity contribution < 1.29 is 28.5 Å². The molecule has 2 saturated carbocycles. The highest BCUT2D eigenvalue weighted by atomic mass is 16.6. The quantitative estimate of drug-likeness (QED) is 0.469. The first-order valence-corrected chi connectivity index (χ1v) is 10.7. The van der Waals surface area contributed by atoms with E-state index in [-0.39, 0.29) is 25.2 Å². The maximum Gasteiger partial charge on any atom is 0.335 e. The average molecular weight is 405 g/mol. The normalized spacial score (nSPS) is 18.1. The number of rotatable bonds is 13. The highest BCUT2D eigenvalue weighted by Gasteiger charge is 2.25. The minimum atomic E-state index is -0.555. The van der Waals surface area contributed by atoms with Gasteiger partial charge in [0.1, 0.15) is 6.61 Å². The Hall–Kier alpha value is -1.92. The van der Waals surface area contributed by atoms with Crippen LogP contribution in [-0.2, 0) is 41.6 Å². The van der Waals surface area contributed by atoms with Gasteiger partial charge in [-0.15, -0.1) is 0 Å². The van der Waals surface area contributed by atoms with Crippen LogP contribution in [0.25, 0.3) is 0 Å². The van der Waals surface area contributed by atoms with Crippen molar-refractivity contribution in [1.82, 2.24) is 0 Å². The molecule has 0 aliphatic heterocycles. The van der Waals surface area contributed by atoms with Crippen molar-refractivity contribution in [3.05, 3.63) is 35.4 Å². The number of hydrogen-bond acceptors (Lipinski definition) is 6. The van der Waals surface area contributed by atoms with Gasteiger partial charge in [0.25, 0.3) is 0 Å². The van der Waals surface area contributed by atoms with Gasteiger partial charge in [-0.25, -0.2) is 9.59 Å². The Morgan fingerprint density at radius 2 is 1.38 bits per heavy atom. The molecule has 6 heteroatoms. The van der Waals surface area contributed by atoms with E-state index in [4.69, 9.17) is 18.9 Å². The molecule has 0 N–H and O–H groups in total. The van der Waals surface area contributed by atoms with Gasteiger partial charge < -0.3 is 18.9 Å². The fourth-order valence-electron chi connectivity index (χ4n) is 2.85. The van der Waals surface area contributed by atoms with E-state index in [2.05, 4.69) is 0 Å². The summed E-state index contributed by atoms with van der Waals surface area (Å²) in [6.45, 7) is 5.16. The third kappa shape index (κ3) is 7.78. The van der Waals surface area contributed by atoms with Crippen molar-refractivity contribution in [3.63, 3.8) is 0 Å². The molecule has 2 atom stereocenters. The second-order valence-electron chi connectivity index (χ2n) is 8.13. The highest BCUT2D eigenvalue weighted by molar-refractivity contribution is 5.74. The lowest BCUT2D eigenvalue weighted by Gasteiger charge is -2.15. The van der Waals surface area contributed by atoms with Crippen molar-refractivity contribution in [2.45, 2.75) is 64.8 Å². The average Bonchev–Trinajstić information content (AvgIpc) is 3.63. The van der Waals surface area contributed by atoms with Crippen molar-refractivity contribution in [1.29, 1.82) is 0 Å². The Balaban J connectivity index is 1.38. The van der Waals surface area contributed by atoms with Gasteiger partial charge >= 0.3 is 11.9 Å². The Morgan fingerprint density at radius 3 is 1.93 bits per heavy atom. The van der Waals surface area contributed by atoms with Gasteiger partial charge in [0.15, 0.2) is 12.2 Å². The second-order valence-corrected chi connectivity index (χ2v) is 8.13. The van der Waals surface area contributed by atoms with E-state index >= 15 is 0 Å². The molecule has 160 valence electrons. The standard InChI is InChI=1S/C23H32O6/c1-16(27-13-18-7-8-18)22(24)26-12-11-20-5-3-4-6-21(20)15-29-23(25)17(2)28-14-19-9-10-19/h3-6,16-19H,7-15H2,1-2H3/t16-,17+/m0/s1. The summed E-state index contributed by atoms with van der Waals surface area (Å²) in [4.78, 5) is 24.1. The first kappa shape index (κ1) is 21.8. The molecule has 0 heterocycles. The van der Waals surface area contributed by atoms with Crippen LogP contribution in [0.1, 0.15) is 50.7 Å². The predicted molar refractivity (Wildman–Crippen MR) is 107 cm³/mol. The highest BCUT2D eigenvalue weighted by Crippen LogP contribution is 2.29. The molecule has 2 fully saturated rings. The molecular formula is C23H32O6. The van der Waals surface area contributed by atoms with Crippen molar-refractivity contribution in [3.8, 4) is 0 Å². The Kier molecular flexibility index (Phi) is 8.07. The molecule has 1 aromatic rings. The summed E-state index contributed by atoms with van der Waals surface area (Å²) in [6.07, 6.45) is 4.21. The first-order chi connectivity index (χ1) is 14.0. The number of hydrogen-bond donors (Lipinski definition) is 0. The molecule has 2 aliphatic carbocycles. The Labute approximate surface area is 172 Å². The summed E-state index contributed by atoms with van der Waals surface area (Å²) in [5, 5.41) is 0. The molecule has 0 saturated heterocycles. The third-order valence-corrected chi connectivity index (χ3v) is 5.33. The van der Waals surface area contributed by atoms with Crippen molar-refractivity contribution in [2.75, 3.05) is 19.8 Å². The van der Waals surface area contributed by atoms with Crippen LogP contribution in [0, 0.1) is 11.8 Å².